The summed E-state index contributed by atoms with van der Waals surface area (Å²) in [7, 11) is 3.29. The molecule has 17 heavy (non-hydrogen) atoms. The van der Waals surface area contributed by atoms with E-state index in [0.717, 1.165) is 19.3 Å². The normalized spacial score (nSPS) is 15.0. The second-order valence-electron chi connectivity index (χ2n) is 4.98. The Morgan fingerprint density at radius 2 is 2.00 bits per heavy atom. The van der Waals surface area contributed by atoms with Crippen LogP contribution in [0.2, 0.25) is 0 Å². The van der Waals surface area contributed by atoms with Crippen molar-refractivity contribution in [3.8, 4) is 6.19 Å². The number of rotatable bonds is 8. The predicted octanol–water partition coefficient (Wildman–Crippen LogP) is 1.19. The molecule has 0 radical (unpaired) electrons. The third-order valence-electron chi connectivity index (χ3n) is 2.81. The van der Waals surface area contributed by atoms with Crippen molar-refractivity contribution in [3.63, 3.8) is 0 Å². The number of likely N-dealkylation sites (N-methyl/N-ethyl adjacent to an activating group) is 1. The molecule has 98 valence electrons. The molecule has 0 bridgehead atoms. The lowest BCUT2D eigenvalue weighted by atomic mass is 9.95. The van der Waals surface area contributed by atoms with E-state index in [0.29, 0.717) is 6.42 Å². The fourth-order valence-electron chi connectivity index (χ4n) is 1.73. The van der Waals surface area contributed by atoms with Crippen LogP contribution < -0.4 is 0 Å². The molecule has 2 atom stereocenters. The molecule has 0 spiro atoms. The first-order valence-electron chi connectivity index (χ1n) is 5.99. The minimum absolute atomic E-state index is 0.0429. The van der Waals surface area contributed by atoms with E-state index < -0.39 is 18.0 Å². The van der Waals surface area contributed by atoms with Crippen LogP contribution in [0, 0.1) is 17.4 Å². The van der Waals surface area contributed by atoms with Crippen LogP contribution in [0.15, 0.2) is 0 Å². The topological polar surface area (TPSA) is 81.3 Å². The summed E-state index contributed by atoms with van der Waals surface area (Å²) in [6.07, 6.45) is 4.29. The number of nitriles is 1. The van der Waals surface area contributed by atoms with Gasteiger partial charge in [-0.15, -0.1) is 5.26 Å². The van der Waals surface area contributed by atoms with Crippen molar-refractivity contribution in [2.24, 2.45) is 5.92 Å². The van der Waals surface area contributed by atoms with Gasteiger partial charge in [-0.3, -0.25) is 4.79 Å². The van der Waals surface area contributed by atoms with Gasteiger partial charge in [0.1, 0.15) is 12.6 Å². The minimum Gasteiger partial charge on any atom is -0.481 e. The number of aliphatic hydroxyl groups excluding tert-OH is 1. The van der Waals surface area contributed by atoms with Crippen molar-refractivity contribution in [3.05, 3.63) is 0 Å². The molecular formula is C12H23N2O3+. The third-order valence-corrected chi connectivity index (χ3v) is 2.81. The number of hydrogen-bond acceptors (Lipinski definition) is 3. The number of carbonyl (C=O) groups is 1. The molecule has 0 saturated carbocycles. The molecule has 0 amide bonds. The number of aliphatic carboxylic acids is 1. The summed E-state index contributed by atoms with van der Waals surface area (Å²) in [5, 5.41) is 27.8. The van der Waals surface area contributed by atoms with E-state index in [1.54, 1.807) is 14.1 Å². The summed E-state index contributed by atoms with van der Waals surface area (Å²) in [6, 6.07) is 0. The SMILES string of the molecule is CCCCCC(C(=O)O)C(O)C[N+](C)(C)C#N. The highest BCUT2D eigenvalue weighted by atomic mass is 16.4. The molecule has 0 aliphatic carbocycles. The molecule has 5 nitrogen and oxygen atoms in total. The van der Waals surface area contributed by atoms with E-state index in [9.17, 15) is 9.90 Å². The molecule has 0 heterocycles. The van der Waals surface area contributed by atoms with Gasteiger partial charge in [-0.2, -0.15) is 0 Å². The molecule has 0 saturated heterocycles. The smallest absolute Gasteiger partial charge is 0.309 e. The summed E-state index contributed by atoms with van der Waals surface area (Å²) in [5.41, 5.74) is 0. The monoisotopic (exact) mass is 243 g/mol. The summed E-state index contributed by atoms with van der Waals surface area (Å²) < 4.78 is -0.0429. The van der Waals surface area contributed by atoms with Crippen LogP contribution in [-0.2, 0) is 4.79 Å². The van der Waals surface area contributed by atoms with Gasteiger partial charge in [0, 0.05) is 0 Å². The highest BCUT2D eigenvalue weighted by Crippen LogP contribution is 2.16. The van der Waals surface area contributed by atoms with E-state index in [1.165, 1.54) is 0 Å². The summed E-state index contributed by atoms with van der Waals surface area (Å²) in [4.78, 5) is 11.1. The maximum absolute atomic E-state index is 11.1. The first kappa shape index (κ1) is 15.9. The van der Waals surface area contributed by atoms with E-state index in [4.69, 9.17) is 10.4 Å². The average Bonchev–Trinajstić information content (AvgIpc) is 2.23. The van der Waals surface area contributed by atoms with Crippen molar-refractivity contribution in [2.45, 2.75) is 38.7 Å². The van der Waals surface area contributed by atoms with Gasteiger partial charge < -0.3 is 10.2 Å². The van der Waals surface area contributed by atoms with Gasteiger partial charge >= 0.3 is 12.2 Å². The van der Waals surface area contributed by atoms with Gasteiger partial charge in [0.25, 0.3) is 0 Å². The fourth-order valence-corrected chi connectivity index (χ4v) is 1.73. The van der Waals surface area contributed by atoms with E-state index in [1.807, 2.05) is 13.1 Å². The van der Waals surface area contributed by atoms with Crippen LogP contribution in [0.25, 0.3) is 0 Å². The Balaban J connectivity index is 4.40. The fraction of sp³-hybridized carbons (Fsp3) is 0.833. The van der Waals surface area contributed by atoms with Crippen LogP contribution in [-0.4, -0.2) is 47.4 Å². The van der Waals surface area contributed by atoms with Crippen LogP contribution in [0.5, 0.6) is 0 Å². The Hall–Kier alpha value is -1.12. The second-order valence-corrected chi connectivity index (χ2v) is 4.98. The second kappa shape index (κ2) is 7.25. The van der Waals surface area contributed by atoms with Gasteiger partial charge in [0.05, 0.1) is 20.0 Å². The molecule has 0 rings (SSSR count). The summed E-state index contributed by atoms with van der Waals surface area (Å²) >= 11 is 0. The lowest BCUT2D eigenvalue weighted by Gasteiger charge is -2.25. The number of quaternary nitrogens is 1. The first-order valence-corrected chi connectivity index (χ1v) is 5.99. The number of carboxylic acids is 1. The Morgan fingerprint density at radius 3 is 2.41 bits per heavy atom. The first-order chi connectivity index (χ1) is 7.84. The molecule has 0 fully saturated rings. The number of unbranched alkanes of at least 4 members (excludes halogenated alkanes) is 2. The minimum atomic E-state index is -0.980. The van der Waals surface area contributed by atoms with Crippen molar-refractivity contribution in [1.82, 2.24) is 0 Å². The Kier molecular flexibility index (Phi) is 6.78. The standard InChI is InChI=1S/C12H22N2O3/c1-4-5-6-7-10(12(16)17)11(15)8-14(2,3)9-13/h10-11,15H,4-8H2,1-3H3/p+1. The largest absolute Gasteiger partial charge is 0.481 e. The number of hydrogen-bond donors (Lipinski definition) is 2. The highest BCUT2D eigenvalue weighted by molar-refractivity contribution is 5.70. The number of aliphatic hydroxyl groups is 1. The Morgan fingerprint density at radius 1 is 1.41 bits per heavy atom. The zero-order valence-corrected chi connectivity index (χ0v) is 10.9. The zero-order valence-electron chi connectivity index (χ0n) is 10.9. The third kappa shape index (κ3) is 6.25. The Bertz CT molecular complexity index is 284. The van der Waals surface area contributed by atoms with Crippen molar-refractivity contribution >= 4 is 5.97 Å². The van der Waals surface area contributed by atoms with Gasteiger partial charge in [-0.25, -0.2) is 4.48 Å². The maximum Gasteiger partial charge on any atom is 0.309 e. The Labute approximate surface area is 103 Å². The zero-order chi connectivity index (χ0) is 13.5. The maximum atomic E-state index is 11.1. The van der Waals surface area contributed by atoms with Gasteiger partial charge in [-0.05, 0) is 6.42 Å². The quantitative estimate of drug-likeness (QED) is 0.381. The summed E-state index contributed by atoms with van der Waals surface area (Å²) in [5.74, 6) is -1.75. The van der Waals surface area contributed by atoms with Crippen molar-refractivity contribution < 1.29 is 19.5 Å². The number of carboxylic acid groups (broad SMARTS) is 1. The van der Waals surface area contributed by atoms with Crippen LogP contribution in [0.4, 0.5) is 0 Å². The molecule has 2 unspecified atom stereocenters. The lowest BCUT2D eigenvalue weighted by Crippen LogP contribution is -2.45. The predicted molar refractivity (Wildman–Crippen MR) is 63.9 cm³/mol. The molecule has 5 heteroatoms. The van der Waals surface area contributed by atoms with Gasteiger partial charge in [0.2, 0.25) is 0 Å². The molecule has 0 aliphatic rings. The van der Waals surface area contributed by atoms with Crippen molar-refractivity contribution in [2.75, 3.05) is 20.6 Å². The number of nitrogens with zero attached hydrogens (tertiary/aromatic N) is 2. The highest BCUT2D eigenvalue weighted by Gasteiger charge is 2.31. The molecular weight excluding hydrogens is 220 g/mol. The molecule has 0 aromatic carbocycles. The average molecular weight is 243 g/mol. The lowest BCUT2D eigenvalue weighted by molar-refractivity contribution is -0.828. The van der Waals surface area contributed by atoms with E-state index >= 15 is 0 Å². The van der Waals surface area contributed by atoms with E-state index in [-0.39, 0.29) is 11.0 Å². The molecule has 2 N–H and O–H groups in total. The van der Waals surface area contributed by atoms with Crippen LogP contribution in [0.1, 0.15) is 32.6 Å². The summed E-state index contributed by atoms with van der Waals surface area (Å²) in [6.45, 7) is 2.18. The molecule has 0 aliphatic heterocycles. The van der Waals surface area contributed by atoms with Gasteiger partial charge in [0.15, 0.2) is 0 Å². The van der Waals surface area contributed by atoms with Crippen LogP contribution in [0.3, 0.4) is 0 Å². The van der Waals surface area contributed by atoms with Crippen LogP contribution >= 0.6 is 0 Å². The molecule has 0 aromatic heterocycles. The molecule has 0 aromatic rings. The van der Waals surface area contributed by atoms with Crippen molar-refractivity contribution in [1.29, 1.82) is 5.26 Å². The van der Waals surface area contributed by atoms with Gasteiger partial charge in [-0.1, -0.05) is 26.2 Å². The van der Waals surface area contributed by atoms with E-state index in [2.05, 4.69) is 0 Å².